The molecular weight excluding hydrogens is 354 g/mol. The Bertz CT molecular complexity index is 1050. The number of hydrogen-bond acceptors (Lipinski definition) is 4. The summed E-state index contributed by atoms with van der Waals surface area (Å²) in [5, 5.41) is 14.3. The molecule has 1 fully saturated rings. The summed E-state index contributed by atoms with van der Waals surface area (Å²) in [6.07, 6.45) is 0.718. The molecule has 1 aromatic heterocycles. The summed E-state index contributed by atoms with van der Waals surface area (Å²) in [4.78, 5) is 32.6. The van der Waals surface area contributed by atoms with Crippen molar-refractivity contribution in [3.8, 4) is 6.07 Å². The van der Waals surface area contributed by atoms with Gasteiger partial charge in [-0.05, 0) is 49.7 Å². The van der Waals surface area contributed by atoms with E-state index < -0.39 is 6.04 Å². The Balaban J connectivity index is 1.33. The molecule has 3 aromatic rings. The van der Waals surface area contributed by atoms with Crippen LogP contribution in [0.15, 0.2) is 48.5 Å². The summed E-state index contributed by atoms with van der Waals surface area (Å²) in [5.74, 6) is 0.245. The Labute approximate surface area is 161 Å². The quantitative estimate of drug-likeness (QED) is 0.638. The number of nitrogens with zero attached hydrogens (tertiary/aromatic N) is 2. The molecule has 28 heavy (non-hydrogen) atoms. The molecule has 0 saturated heterocycles. The molecule has 1 saturated carbocycles. The largest absolute Gasteiger partial charge is 0.344 e. The van der Waals surface area contributed by atoms with Crippen molar-refractivity contribution < 1.29 is 9.59 Å². The molecule has 3 atom stereocenters. The van der Waals surface area contributed by atoms with E-state index in [4.69, 9.17) is 5.26 Å². The number of nitrogens with one attached hydrogen (secondary N) is 3. The number of benzene rings is 2. The number of carbonyl (C=O) groups excluding carboxylic acids is 2. The average Bonchev–Trinajstić information content (AvgIpc) is 3.40. The van der Waals surface area contributed by atoms with Crippen molar-refractivity contribution in [2.45, 2.75) is 25.3 Å². The van der Waals surface area contributed by atoms with E-state index in [-0.39, 0.29) is 23.7 Å². The molecule has 2 aromatic carbocycles. The van der Waals surface area contributed by atoms with E-state index in [9.17, 15) is 9.59 Å². The third-order valence-corrected chi connectivity index (χ3v) is 4.92. The van der Waals surface area contributed by atoms with Gasteiger partial charge in [0.05, 0.1) is 22.7 Å². The molecular formula is C21H19N5O2. The smallest absolute Gasteiger partial charge is 0.246 e. The van der Waals surface area contributed by atoms with Gasteiger partial charge in [0, 0.05) is 17.5 Å². The van der Waals surface area contributed by atoms with Gasteiger partial charge in [-0.2, -0.15) is 5.26 Å². The second-order valence-electron chi connectivity index (χ2n) is 7.00. The Kier molecular flexibility index (Phi) is 4.53. The molecule has 0 unspecified atom stereocenters. The monoisotopic (exact) mass is 373 g/mol. The van der Waals surface area contributed by atoms with Crippen LogP contribution in [0.5, 0.6) is 0 Å². The van der Waals surface area contributed by atoms with E-state index in [0.717, 1.165) is 23.3 Å². The summed E-state index contributed by atoms with van der Waals surface area (Å²) in [6, 6.07) is 15.7. The lowest BCUT2D eigenvalue weighted by molar-refractivity contribution is -0.127. The molecule has 3 N–H and O–H groups in total. The number of carbonyl (C=O) groups is 2. The standard InChI is InChI=1S/C21H19N5O2/c1-12(20(27)24-14-8-6-13(11-22)7-9-14)23-21(28)16-10-15(16)19-25-17-4-2-3-5-18(17)26-19/h2-9,12,15-16H,10H2,1H3,(H,23,28)(H,24,27)(H,25,26)/t12-,15-,16-/m0/s1. The Morgan fingerprint density at radius 2 is 1.96 bits per heavy atom. The van der Waals surface area contributed by atoms with Crippen molar-refractivity contribution in [2.75, 3.05) is 5.32 Å². The summed E-state index contributed by atoms with van der Waals surface area (Å²) < 4.78 is 0. The minimum atomic E-state index is -0.667. The van der Waals surface area contributed by atoms with Gasteiger partial charge < -0.3 is 15.6 Å². The molecule has 1 aliphatic rings. The van der Waals surface area contributed by atoms with Crippen molar-refractivity contribution in [3.05, 3.63) is 59.9 Å². The number of hydrogen-bond donors (Lipinski definition) is 3. The minimum absolute atomic E-state index is 0.0567. The van der Waals surface area contributed by atoms with E-state index in [1.807, 2.05) is 30.3 Å². The summed E-state index contributed by atoms with van der Waals surface area (Å²) in [6.45, 7) is 1.65. The highest BCUT2D eigenvalue weighted by atomic mass is 16.2. The Morgan fingerprint density at radius 1 is 1.21 bits per heavy atom. The zero-order valence-corrected chi connectivity index (χ0v) is 15.3. The van der Waals surface area contributed by atoms with Gasteiger partial charge in [0.1, 0.15) is 11.9 Å². The van der Waals surface area contributed by atoms with Crippen molar-refractivity contribution in [1.82, 2.24) is 15.3 Å². The first-order valence-electron chi connectivity index (χ1n) is 9.11. The zero-order valence-electron chi connectivity index (χ0n) is 15.3. The van der Waals surface area contributed by atoms with Crippen molar-refractivity contribution in [3.63, 3.8) is 0 Å². The average molecular weight is 373 g/mol. The number of imidazole rings is 1. The maximum Gasteiger partial charge on any atom is 0.246 e. The van der Waals surface area contributed by atoms with Crippen LogP contribution in [0.25, 0.3) is 11.0 Å². The summed E-state index contributed by atoms with van der Waals surface area (Å²) in [5.41, 5.74) is 2.94. The molecule has 4 rings (SSSR count). The number of rotatable bonds is 5. The van der Waals surface area contributed by atoms with Crippen LogP contribution in [0, 0.1) is 17.2 Å². The number of amides is 2. The molecule has 0 bridgehead atoms. The molecule has 140 valence electrons. The first-order valence-corrected chi connectivity index (χ1v) is 9.11. The topological polar surface area (TPSA) is 111 Å². The van der Waals surface area contributed by atoms with Crippen LogP contribution in [0.1, 0.15) is 30.7 Å². The van der Waals surface area contributed by atoms with Crippen LogP contribution in [-0.2, 0) is 9.59 Å². The lowest BCUT2D eigenvalue weighted by Crippen LogP contribution is -2.42. The number of nitriles is 1. The van der Waals surface area contributed by atoms with E-state index in [0.29, 0.717) is 11.3 Å². The molecule has 0 radical (unpaired) electrons. The van der Waals surface area contributed by atoms with Crippen LogP contribution >= 0.6 is 0 Å². The first-order chi connectivity index (χ1) is 13.5. The number of aromatic amines is 1. The Morgan fingerprint density at radius 3 is 2.68 bits per heavy atom. The number of para-hydroxylation sites is 2. The predicted molar refractivity (Wildman–Crippen MR) is 104 cm³/mol. The minimum Gasteiger partial charge on any atom is -0.344 e. The lowest BCUT2D eigenvalue weighted by Gasteiger charge is -2.14. The normalized spacial score (nSPS) is 18.9. The zero-order chi connectivity index (χ0) is 19.7. The van der Waals surface area contributed by atoms with Gasteiger partial charge in [-0.3, -0.25) is 9.59 Å². The molecule has 7 heteroatoms. The highest BCUT2D eigenvalue weighted by molar-refractivity contribution is 5.97. The van der Waals surface area contributed by atoms with Gasteiger partial charge in [-0.1, -0.05) is 12.1 Å². The van der Waals surface area contributed by atoms with Crippen molar-refractivity contribution in [1.29, 1.82) is 5.26 Å². The SMILES string of the molecule is C[C@H](NC(=O)[C@H]1C[C@@H]1c1nc2ccccc2[nH]1)C(=O)Nc1ccc(C#N)cc1. The number of aromatic nitrogens is 2. The second-order valence-corrected chi connectivity index (χ2v) is 7.00. The van der Waals surface area contributed by atoms with Crippen LogP contribution in [0.4, 0.5) is 5.69 Å². The number of fused-ring (bicyclic) bond motifs is 1. The molecule has 0 spiro atoms. The molecule has 2 amide bonds. The lowest BCUT2D eigenvalue weighted by atomic mass is 10.2. The van der Waals surface area contributed by atoms with Gasteiger partial charge in [-0.15, -0.1) is 0 Å². The van der Waals surface area contributed by atoms with Gasteiger partial charge >= 0.3 is 0 Å². The van der Waals surface area contributed by atoms with Gasteiger partial charge in [0.2, 0.25) is 11.8 Å². The fourth-order valence-electron chi connectivity index (χ4n) is 3.20. The maximum atomic E-state index is 12.5. The Hall–Kier alpha value is -3.66. The van der Waals surface area contributed by atoms with Crippen molar-refractivity contribution >= 4 is 28.5 Å². The van der Waals surface area contributed by atoms with Gasteiger partial charge in [-0.25, -0.2) is 4.98 Å². The molecule has 7 nitrogen and oxygen atoms in total. The number of anilines is 1. The fraction of sp³-hybridized carbons (Fsp3) is 0.238. The van der Waals surface area contributed by atoms with Crippen LogP contribution in [-0.4, -0.2) is 27.8 Å². The van der Waals surface area contributed by atoms with Gasteiger partial charge in [0.25, 0.3) is 0 Å². The van der Waals surface area contributed by atoms with Crippen LogP contribution in [0.2, 0.25) is 0 Å². The van der Waals surface area contributed by atoms with Crippen molar-refractivity contribution in [2.24, 2.45) is 5.92 Å². The maximum absolute atomic E-state index is 12.5. The first kappa shape index (κ1) is 17.7. The highest BCUT2D eigenvalue weighted by Gasteiger charge is 2.46. The molecule has 1 heterocycles. The third-order valence-electron chi connectivity index (χ3n) is 4.92. The summed E-state index contributed by atoms with van der Waals surface area (Å²) in [7, 11) is 0. The third kappa shape index (κ3) is 3.58. The highest BCUT2D eigenvalue weighted by Crippen LogP contribution is 2.46. The molecule has 1 aliphatic carbocycles. The summed E-state index contributed by atoms with van der Waals surface area (Å²) >= 11 is 0. The molecule has 0 aliphatic heterocycles. The van der Waals surface area contributed by atoms with Crippen LogP contribution in [0.3, 0.4) is 0 Å². The van der Waals surface area contributed by atoms with E-state index in [1.54, 1.807) is 31.2 Å². The fourth-order valence-corrected chi connectivity index (χ4v) is 3.20. The van der Waals surface area contributed by atoms with E-state index in [1.165, 1.54) is 0 Å². The van der Waals surface area contributed by atoms with E-state index in [2.05, 4.69) is 20.6 Å². The second kappa shape index (κ2) is 7.16. The predicted octanol–water partition coefficient (Wildman–Crippen LogP) is 2.68. The van der Waals surface area contributed by atoms with Crippen LogP contribution < -0.4 is 10.6 Å². The number of H-pyrrole nitrogens is 1. The van der Waals surface area contributed by atoms with Gasteiger partial charge in [0.15, 0.2) is 0 Å². The van der Waals surface area contributed by atoms with E-state index >= 15 is 0 Å².